The highest BCUT2D eigenvalue weighted by Crippen LogP contribution is 2.33. The number of aromatic nitrogens is 2. The predicted octanol–water partition coefficient (Wildman–Crippen LogP) is 4.95. The smallest absolute Gasteiger partial charge is 0.435 e. The number of carbonyl (C=O) groups excluding carboxylic acids is 2. The van der Waals surface area contributed by atoms with Gasteiger partial charge >= 0.3 is 6.09 Å². The van der Waals surface area contributed by atoms with Crippen molar-refractivity contribution in [3.05, 3.63) is 47.0 Å². The van der Waals surface area contributed by atoms with Crippen LogP contribution in [0.25, 0.3) is 22.0 Å². The van der Waals surface area contributed by atoms with Gasteiger partial charge in [-0.2, -0.15) is 9.94 Å². The third-order valence-electron chi connectivity index (χ3n) is 5.00. The lowest BCUT2D eigenvalue weighted by Gasteiger charge is -2.08. The first-order valence-corrected chi connectivity index (χ1v) is 11.2. The van der Waals surface area contributed by atoms with Gasteiger partial charge < -0.3 is 15.4 Å². The number of hydrogen-bond donors (Lipinski definition) is 2. The summed E-state index contributed by atoms with van der Waals surface area (Å²) in [5, 5.41) is 20.0. The van der Waals surface area contributed by atoms with Crippen LogP contribution in [0.4, 0.5) is 10.6 Å². The van der Waals surface area contributed by atoms with E-state index in [0.29, 0.717) is 33.5 Å². The maximum atomic E-state index is 12.3. The van der Waals surface area contributed by atoms with Crippen LogP contribution < -0.4 is 10.6 Å². The molecule has 172 valence electrons. The molecule has 33 heavy (non-hydrogen) atoms. The van der Waals surface area contributed by atoms with Crippen LogP contribution in [0.3, 0.4) is 0 Å². The summed E-state index contributed by atoms with van der Waals surface area (Å²) >= 11 is 6.28. The molecule has 0 aliphatic carbocycles. The van der Waals surface area contributed by atoms with Crippen molar-refractivity contribution in [3.63, 3.8) is 0 Å². The Kier molecular flexibility index (Phi) is 8.41. The molecule has 0 atom stereocenters. The van der Waals surface area contributed by atoms with E-state index in [1.165, 1.54) is 32.4 Å². The van der Waals surface area contributed by atoms with Crippen LogP contribution in [0, 0.1) is 11.3 Å². The third-order valence-corrected chi connectivity index (χ3v) is 5.33. The fraction of sp³-hybridized carbons (Fsp3) is 0.333. The van der Waals surface area contributed by atoms with Gasteiger partial charge in [0.2, 0.25) is 6.41 Å². The van der Waals surface area contributed by atoms with Gasteiger partial charge in [-0.3, -0.25) is 4.79 Å². The Balaban J connectivity index is 0.000000442. The van der Waals surface area contributed by atoms with Crippen LogP contribution in [0.5, 0.6) is 0 Å². The molecule has 2 heterocycles. The Morgan fingerprint density at radius 1 is 1.24 bits per heavy atom. The van der Waals surface area contributed by atoms with E-state index in [1.807, 2.05) is 0 Å². The minimum absolute atomic E-state index is 0.218. The van der Waals surface area contributed by atoms with Gasteiger partial charge in [0.1, 0.15) is 0 Å². The molecular weight excluding hydrogens is 442 g/mol. The van der Waals surface area contributed by atoms with Crippen LogP contribution in [0.15, 0.2) is 36.4 Å². The summed E-state index contributed by atoms with van der Waals surface area (Å²) in [6.07, 6.45) is 3.74. The second-order valence-corrected chi connectivity index (χ2v) is 8.21. The van der Waals surface area contributed by atoms with Gasteiger partial charge in [0, 0.05) is 16.0 Å². The van der Waals surface area contributed by atoms with E-state index < -0.39 is 6.09 Å². The van der Waals surface area contributed by atoms with Crippen LogP contribution >= 0.6 is 11.6 Å². The van der Waals surface area contributed by atoms with Gasteiger partial charge in [-0.25, -0.2) is 4.79 Å². The number of nitrogens with zero attached hydrogens (tertiary/aromatic N) is 3. The molecule has 9 heteroatoms. The van der Waals surface area contributed by atoms with E-state index in [0.717, 1.165) is 10.2 Å². The number of piperidine rings is 1. The van der Waals surface area contributed by atoms with E-state index in [1.54, 1.807) is 50.2 Å². The number of nitrogens with one attached hydrogen (secondary N) is 2. The van der Waals surface area contributed by atoms with Crippen molar-refractivity contribution in [3.8, 4) is 17.2 Å². The maximum Gasteiger partial charge on any atom is 0.435 e. The molecule has 2 N–H and O–H groups in total. The first-order chi connectivity index (χ1) is 15.9. The zero-order chi connectivity index (χ0) is 23.8. The third kappa shape index (κ3) is 6.09. The first-order valence-electron chi connectivity index (χ1n) is 10.8. The molecule has 0 spiro atoms. The van der Waals surface area contributed by atoms with E-state index in [4.69, 9.17) is 21.6 Å². The SMILES string of the molecule is C1CCNCC1.CC(C)OC(=O)n1nc(NC=O)c2cc(-c3cc(C#N)ccc3Cl)ccc21. The average Bonchev–Trinajstić information content (AvgIpc) is 3.19. The summed E-state index contributed by atoms with van der Waals surface area (Å²) in [7, 11) is 0. The summed E-state index contributed by atoms with van der Waals surface area (Å²) in [5.41, 5.74) is 2.32. The molecule has 1 saturated heterocycles. The van der Waals surface area contributed by atoms with E-state index in [-0.39, 0.29) is 11.9 Å². The molecule has 1 aliphatic rings. The van der Waals surface area contributed by atoms with Gasteiger partial charge in [-0.05, 0) is 75.7 Å². The minimum atomic E-state index is -0.647. The zero-order valence-corrected chi connectivity index (χ0v) is 19.4. The molecule has 1 amide bonds. The number of nitriles is 1. The summed E-state index contributed by atoms with van der Waals surface area (Å²) in [4.78, 5) is 23.2. The molecule has 0 saturated carbocycles. The average molecular weight is 468 g/mol. The molecule has 0 radical (unpaired) electrons. The van der Waals surface area contributed by atoms with Crippen LogP contribution in [0.2, 0.25) is 5.02 Å². The predicted molar refractivity (Wildman–Crippen MR) is 128 cm³/mol. The zero-order valence-electron chi connectivity index (χ0n) is 18.6. The minimum Gasteiger partial charge on any atom is -0.445 e. The van der Waals surface area contributed by atoms with Gasteiger partial charge in [0.25, 0.3) is 0 Å². The largest absolute Gasteiger partial charge is 0.445 e. The number of benzene rings is 2. The molecule has 0 bridgehead atoms. The molecular formula is C24H26ClN5O3. The van der Waals surface area contributed by atoms with Crippen molar-refractivity contribution in [1.29, 1.82) is 5.26 Å². The van der Waals surface area contributed by atoms with Crippen molar-refractivity contribution in [1.82, 2.24) is 15.1 Å². The van der Waals surface area contributed by atoms with Crippen LogP contribution in [-0.4, -0.2) is 41.5 Å². The maximum absolute atomic E-state index is 12.3. The first kappa shape index (κ1) is 24.2. The number of hydrogen-bond acceptors (Lipinski definition) is 6. The molecule has 3 aromatic rings. The van der Waals surface area contributed by atoms with Crippen LogP contribution in [-0.2, 0) is 9.53 Å². The van der Waals surface area contributed by atoms with Crippen molar-refractivity contribution in [2.75, 3.05) is 18.4 Å². The van der Waals surface area contributed by atoms with E-state index >= 15 is 0 Å². The summed E-state index contributed by atoms with van der Waals surface area (Å²) < 4.78 is 6.28. The van der Waals surface area contributed by atoms with Gasteiger partial charge in [0.15, 0.2) is 5.82 Å². The number of halogens is 1. The highest BCUT2D eigenvalue weighted by Gasteiger charge is 2.19. The molecule has 4 rings (SSSR count). The van der Waals surface area contributed by atoms with E-state index in [9.17, 15) is 9.59 Å². The van der Waals surface area contributed by atoms with Crippen molar-refractivity contribution >= 4 is 40.8 Å². The summed E-state index contributed by atoms with van der Waals surface area (Å²) in [5.74, 6) is 0.218. The van der Waals surface area contributed by atoms with Crippen molar-refractivity contribution in [2.45, 2.75) is 39.2 Å². The molecule has 1 fully saturated rings. The van der Waals surface area contributed by atoms with E-state index in [2.05, 4.69) is 21.8 Å². The fourth-order valence-corrected chi connectivity index (χ4v) is 3.68. The lowest BCUT2D eigenvalue weighted by molar-refractivity contribution is -0.105. The van der Waals surface area contributed by atoms with Crippen molar-refractivity contribution in [2.24, 2.45) is 0 Å². The lowest BCUT2D eigenvalue weighted by Crippen LogP contribution is -2.21. The molecule has 8 nitrogen and oxygen atoms in total. The highest BCUT2D eigenvalue weighted by molar-refractivity contribution is 6.33. The Labute approximate surface area is 197 Å². The number of fused-ring (bicyclic) bond motifs is 1. The number of carbonyl (C=O) groups is 2. The van der Waals surface area contributed by atoms with Crippen molar-refractivity contribution < 1.29 is 14.3 Å². The topological polar surface area (TPSA) is 109 Å². The Bertz CT molecular complexity index is 1170. The molecule has 1 aliphatic heterocycles. The molecule has 0 unspecified atom stereocenters. The van der Waals surface area contributed by atoms with Gasteiger partial charge in [-0.15, -0.1) is 5.10 Å². The van der Waals surface area contributed by atoms with Gasteiger partial charge in [0.05, 0.1) is 23.3 Å². The standard InChI is InChI=1S/C19H15ClN4O3.C5H11N/c1-11(2)27-19(26)24-17-6-4-13(8-15(17)18(23-24)22-10-25)14-7-12(9-21)3-5-16(14)20;1-2-4-6-5-3-1/h3-8,10-11H,1-2H3,(H,22,23,25);6H,1-5H2. The highest BCUT2D eigenvalue weighted by atomic mass is 35.5. The molecule has 1 aromatic heterocycles. The monoisotopic (exact) mass is 467 g/mol. The van der Waals surface area contributed by atoms with Gasteiger partial charge in [-0.1, -0.05) is 24.1 Å². The molecule has 2 aromatic carbocycles. The Morgan fingerprint density at radius 2 is 2.00 bits per heavy atom. The quantitative estimate of drug-likeness (QED) is 0.525. The normalized spacial score (nSPS) is 13.1. The Hall–Kier alpha value is -3.41. The lowest BCUT2D eigenvalue weighted by atomic mass is 10.0. The fourth-order valence-electron chi connectivity index (χ4n) is 3.46. The number of ether oxygens (including phenoxy) is 1. The second kappa shape index (κ2) is 11.5. The summed E-state index contributed by atoms with van der Waals surface area (Å²) in [6.45, 7) is 5.97. The second-order valence-electron chi connectivity index (χ2n) is 7.80. The number of rotatable bonds is 4. The summed E-state index contributed by atoms with van der Waals surface area (Å²) in [6, 6.07) is 12.2. The number of amides is 1. The van der Waals surface area contributed by atoms with Crippen LogP contribution in [0.1, 0.15) is 38.7 Å². The Morgan fingerprint density at radius 3 is 2.58 bits per heavy atom. The number of anilines is 1.